The number of halogens is 1. The summed E-state index contributed by atoms with van der Waals surface area (Å²) >= 11 is 0. The first-order chi connectivity index (χ1) is 10.2. The minimum absolute atomic E-state index is 0. The van der Waals surface area contributed by atoms with E-state index in [4.69, 9.17) is 0 Å². The Kier molecular flexibility index (Phi) is 4.72. The predicted octanol–water partition coefficient (Wildman–Crippen LogP) is 0.879. The minimum atomic E-state index is 0. The van der Waals surface area contributed by atoms with Crippen LogP contribution in [-0.4, -0.2) is 4.57 Å². The Bertz CT molecular complexity index is 792. The van der Waals surface area contributed by atoms with Gasteiger partial charge in [0.15, 0.2) is 11.0 Å². The van der Waals surface area contributed by atoms with Gasteiger partial charge in [-0.1, -0.05) is 37.8 Å². The molecule has 0 aliphatic carbocycles. The lowest BCUT2D eigenvalue weighted by molar-refractivity contribution is -0.634. The zero-order valence-electron chi connectivity index (χ0n) is 13.3. The van der Waals surface area contributed by atoms with E-state index >= 15 is 0 Å². The highest BCUT2D eigenvalue weighted by atomic mass is 35.5. The lowest BCUT2D eigenvalue weighted by atomic mass is 10.0. The van der Waals surface area contributed by atoms with Gasteiger partial charge in [-0.15, -0.1) is 0 Å². The highest BCUT2D eigenvalue weighted by Gasteiger charge is 2.21. The van der Waals surface area contributed by atoms with Gasteiger partial charge >= 0.3 is 0 Å². The largest absolute Gasteiger partial charge is 1.00 e. The van der Waals surface area contributed by atoms with Gasteiger partial charge in [0.25, 0.3) is 5.82 Å². The molecule has 0 radical (unpaired) electrons. The van der Waals surface area contributed by atoms with E-state index in [0.717, 1.165) is 6.42 Å². The number of fused-ring (bicyclic) bond motifs is 1. The van der Waals surface area contributed by atoms with Crippen molar-refractivity contribution in [2.75, 3.05) is 0 Å². The molecular weight excluding hydrogens is 292 g/mol. The number of benzene rings is 2. The molecule has 0 saturated carbocycles. The van der Waals surface area contributed by atoms with Crippen molar-refractivity contribution in [2.24, 2.45) is 14.1 Å². The Balaban J connectivity index is 0.00000176. The van der Waals surface area contributed by atoms with Crippen LogP contribution in [-0.2, 0) is 20.5 Å². The van der Waals surface area contributed by atoms with E-state index in [1.54, 1.807) is 0 Å². The fourth-order valence-corrected chi connectivity index (χ4v) is 3.04. The molecule has 114 valence electrons. The predicted molar refractivity (Wildman–Crippen MR) is 89.0 cm³/mol. The Hall–Kier alpha value is -2.06. The van der Waals surface area contributed by atoms with Crippen molar-refractivity contribution in [1.29, 1.82) is 0 Å². The van der Waals surface area contributed by atoms with Crippen LogP contribution in [0, 0.1) is 0 Å². The van der Waals surface area contributed by atoms with E-state index < -0.39 is 0 Å². The van der Waals surface area contributed by atoms with Crippen molar-refractivity contribution in [2.45, 2.75) is 13.3 Å². The summed E-state index contributed by atoms with van der Waals surface area (Å²) < 4.78 is 4.52. The average Bonchev–Trinajstić information content (AvgIpc) is 2.78. The van der Waals surface area contributed by atoms with Crippen molar-refractivity contribution in [1.82, 2.24) is 4.57 Å². The van der Waals surface area contributed by atoms with Crippen LogP contribution in [0.15, 0.2) is 49.0 Å². The zero-order chi connectivity index (χ0) is 15.0. The van der Waals surface area contributed by atoms with Gasteiger partial charge in [0.2, 0.25) is 0 Å². The molecule has 0 atom stereocenters. The lowest BCUT2D eigenvalue weighted by Gasteiger charge is -2.05. The Morgan fingerprint density at radius 1 is 1.18 bits per heavy atom. The molecule has 0 aliphatic rings. The SMILES string of the molecule is C=Cc1cc(CC)cc(-c2n(C)c3ccccc3[n+]2C)c1.[Cl-]. The first kappa shape index (κ1) is 16.3. The van der Waals surface area contributed by atoms with Crippen molar-refractivity contribution in [3.63, 3.8) is 0 Å². The van der Waals surface area contributed by atoms with Crippen LogP contribution in [0.3, 0.4) is 0 Å². The smallest absolute Gasteiger partial charge is 0.289 e. The third-order valence-corrected chi connectivity index (χ3v) is 4.16. The summed E-state index contributed by atoms with van der Waals surface area (Å²) in [5, 5.41) is 0. The quantitative estimate of drug-likeness (QED) is 0.635. The molecule has 3 rings (SSSR count). The first-order valence-corrected chi connectivity index (χ1v) is 7.36. The van der Waals surface area contributed by atoms with Gasteiger partial charge in [0.05, 0.1) is 19.7 Å². The molecule has 0 spiro atoms. The van der Waals surface area contributed by atoms with E-state index in [9.17, 15) is 0 Å². The van der Waals surface area contributed by atoms with E-state index in [1.807, 2.05) is 6.08 Å². The number of rotatable bonds is 3. The summed E-state index contributed by atoms with van der Waals surface area (Å²) in [6.07, 6.45) is 2.95. The second-order valence-electron chi connectivity index (χ2n) is 5.45. The van der Waals surface area contributed by atoms with Crippen LogP contribution < -0.4 is 17.0 Å². The van der Waals surface area contributed by atoms with Crippen LogP contribution in [0.1, 0.15) is 18.1 Å². The summed E-state index contributed by atoms with van der Waals surface area (Å²) in [4.78, 5) is 0. The topological polar surface area (TPSA) is 8.81 Å². The molecule has 3 heteroatoms. The van der Waals surface area contributed by atoms with Gasteiger partial charge in [-0.05, 0) is 41.8 Å². The zero-order valence-corrected chi connectivity index (χ0v) is 14.1. The van der Waals surface area contributed by atoms with Crippen LogP contribution >= 0.6 is 0 Å². The van der Waals surface area contributed by atoms with Crippen molar-refractivity contribution in [3.8, 4) is 11.4 Å². The van der Waals surface area contributed by atoms with Crippen LogP contribution in [0.25, 0.3) is 28.5 Å². The molecule has 0 aliphatic heterocycles. The Morgan fingerprint density at radius 3 is 2.55 bits per heavy atom. The highest BCUT2D eigenvalue weighted by molar-refractivity contribution is 5.76. The van der Waals surface area contributed by atoms with E-state index in [2.05, 4.69) is 79.2 Å². The summed E-state index contributed by atoms with van der Waals surface area (Å²) in [7, 11) is 4.26. The molecule has 0 N–H and O–H groups in total. The summed E-state index contributed by atoms with van der Waals surface area (Å²) in [5.74, 6) is 1.22. The number of hydrogen-bond acceptors (Lipinski definition) is 0. The van der Waals surface area contributed by atoms with Gasteiger partial charge in [-0.2, -0.15) is 0 Å². The third-order valence-electron chi connectivity index (χ3n) is 4.16. The summed E-state index contributed by atoms with van der Waals surface area (Å²) in [6.45, 7) is 6.10. The van der Waals surface area contributed by atoms with Crippen LogP contribution in [0.4, 0.5) is 0 Å². The number of aromatic nitrogens is 2. The molecule has 0 bridgehead atoms. The van der Waals surface area contributed by atoms with Gasteiger partial charge < -0.3 is 12.4 Å². The lowest BCUT2D eigenvalue weighted by Crippen LogP contribution is -3.00. The monoisotopic (exact) mass is 312 g/mol. The second kappa shape index (κ2) is 6.37. The molecule has 0 fully saturated rings. The maximum absolute atomic E-state index is 3.92. The summed E-state index contributed by atoms with van der Waals surface area (Å²) in [5.41, 5.74) is 6.25. The fourth-order valence-electron chi connectivity index (χ4n) is 3.04. The molecule has 1 aromatic heterocycles. The van der Waals surface area contributed by atoms with Gasteiger partial charge in [-0.3, -0.25) is 0 Å². The van der Waals surface area contributed by atoms with E-state index in [-0.39, 0.29) is 12.4 Å². The first-order valence-electron chi connectivity index (χ1n) is 7.36. The maximum Gasteiger partial charge on any atom is 0.289 e. The van der Waals surface area contributed by atoms with Crippen molar-refractivity contribution >= 4 is 17.1 Å². The Morgan fingerprint density at radius 2 is 1.91 bits per heavy atom. The maximum atomic E-state index is 3.92. The highest BCUT2D eigenvalue weighted by Crippen LogP contribution is 2.24. The standard InChI is InChI=1S/C19H21N2.ClH/c1-5-14-11-15(6-2)13-16(12-14)19-20(3)17-9-7-8-10-18(17)21(19)4;/h5,7-13H,1,6H2,2-4H3;1H/q+1;/p-1. The number of aryl methyl sites for hydroxylation is 3. The molecule has 0 amide bonds. The van der Waals surface area contributed by atoms with Crippen LogP contribution in [0.2, 0.25) is 0 Å². The third kappa shape index (κ3) is 2.55. The molecule has 2 nitrogen and oxygen atoms in total. The fraction of sp³-hybridized carbons (Fsp3) is 0.211. The molecule has 22 heavy (non-hydrogen) atoms. The number of nitrogens with zero attached hydrogens (tertiary/aromatic N) is 2. The van der Waals surface area contributed by atoms with E-state index in [1.165, 1.54) is 33.5 Å². The molecule has 0 unspecified atom stereocenters. The normalized spacial score (nSPS) is 10.5. The second-order valence-corrected chi connectivity index (χ2v) is 5.45. The minimum Gasteiger partial charge on any atom is -1.00 e. The van der Waals surface area contributed by atoms with Gasteiger partial charge in [-0.25, -0.2) is 9.13 Å². The van der Waals surface area contributed by atoms with E-state index in [0.29, 0.717) is 0 Å². The number of para-hydroxylation sites is 2. The van der Waals surface area contributed by atoms with Gasteiger partial charge in [0.1, 0.15) is 0 Å². The molecule has 0 saturated heterocycles. The number of imidazole rings is 1. The Labute approximate surface area is 138 Å². The average molecular weight is 313 g/mol. The molecule has 2 aromatic carbocycles. The van der Waals surface area contributed by atoms with Crippen LogP contribution in [0.5, 0.6) is 0 Å². The van der Waals surface area contributed by atoms with Gasteiger partial charge in [0, 0.05) is 0 Å². The molecule has 1 heterocycles. The number of hydrogen-bond donors (Lipinski definition) is 0. The van der Waals surface area contributed by atoms with Crippen molar-refractivity contribution in [3.05, 3.63) is 60.2 Å². The molecule has 3 aromatic rings. The van der Waals surface area contributed by atoms with Crippen molar-refractivity contribution < 1.29 is 17.0 Å². The summed E-state index contributed by atoms with van der Waals surface area (Å²) in [6, 6.07) is 15.2. The molecular formula is C19H21ClN2.